The number of alkyl halides is 3. The Morgan fingerprint density at radius 1 is 0.955 bits per heavy atom. The molecule has 0 amide bonds. The van der Waals surface area contributed by atoms with E-state index in [1.165, 1.54) is 23.5 Å². The Balaban J connectivity index is 1.69. The van der Waals surface area contributed by atoms with E-state index in [2.05, 4.69) is 4.90 Å². The Bertz CT molecular complexity index is 1580. The molecule has 0 N–H and O–H groups in total. The van der Waals surface area contributed by atoms with Crippen LogP contribution in [-0.2, 0) is 35.2 Å². The number of anilines is 1. The van der Waals surface area contributed by atoms with Crippen LogP contribution in [-0.4, -0.2) is 30.3 Å². The lowest BCUT2D eigenvalue weighted by atomic mass is 10.1. The molecule has 0 radical (unpaired) electrons. The van der Waals surface area contributed by atoms with Crippen LogP contribution in [0.5, 0.6) is 11.5 Å². The van der Waals surface area contributed by atoms with Gasteiger partial charge in [-0.15, -0.1) is 0 Å². The van der Waals surface area contributed by atoms with Gasteiger partial charge in [-0.1, -0.05) is 60.7 Å². The molecule has 0 saturated carbocycles. The van der Waals surface area contributed by atoms with E-state index in [1.807, 2.05) is 56.3 Å². The number of halogens is 3. The van der Waals surface area contributed by atoms with Crippen molar-refractivity contribution in [2.24, 2.45) is 0 Å². The van der Waals surface area contributed by atoms with E-state index in [4.69, 9.17) is 19.2 Å². The van der Waals surface area contributed by atoms with E-state index in [1.54, 1.807) is 27.9 Å². The highest BCUT2D eigenvalue weighted by Gasteiger charge is 2.32. The predicted molar refractivity (Wildman–Crippen MR) is 167 cm³/mol. The maximum atomic E-state index is 13.2. The normalized spacial score (nSPS) is 11.8. The minimum atomic E-state index is -4.40. The van der Waals surface area contributed by atoms with Gasteiger partial charge in [-0.25, -0.2) is 9.78 Å². The van der Waals surface area contributed by atoms with Crippen LogP contribution in [0.15, 0.2) is 66.7 Å². The Labute approximate surface area is 260 Å². The van der Waals surface area contributed by atoms with Gasteiger partial charge < -0.3 is 19.1 Å². The zero-order chi connectivity index (χ0) is 32.1. The molecule has 3 aromatic carbocycles. The van der Waals surface area contributed by atoms with Gasteiger partial charge in [-0.3, -0.25) is 0 Å². The van der Waals surface area contributed by atoms with Crippen molar-refractivity contribution in [1.29, 1.82) is 0 Å². The van der Waals surface area contributed by atoms with Crippen LogP contribution in [0.3, 0.4) is 0 Å². The quantitative estimate of drug-likeness (QED) is 0.147. The average molecular weight is 627 g/mol. The number of aryl methyl sites for hydroxylation is 2. The smallest absolute Gasteiger partial charge is 0.416 e. The van der Waals surface area contributed by atoms with E-state index in [9.17, 15) is 18.0 Å². The number of hydrogen-bond donors (Lipinski definition) is 0. The van der Waals surface area contributed by atoms with Gasteiger partial charge in [0.1, 0.15) is 21.5 Å². The molecule has 0 aliphatic carbocycles. The summed E-state index contributed by atoms with van der Waals surface area (Å²) in [5, 5.41) is 1.58. The second-order valence-corrected chi connectivity index (χ2v) is 11.8. The molecule has 0 aliphatic heterocycles. The maximum absolute atomic E-state index is 13.2. The molecule has 0 fully saturated rings. The molecular weight excluding hydrogens is 589 g/mol. The van der Waals surface area contributed by atoms with Crippen molar-refractivity contribution in [1.82, 2.24) is 4.98 Å². The molecule has 1 heterocycles. The fourth-order valence-electron chi connectivity index (χ4n) is 4.75. The molecule has 0 unspecified atom stereocenters. The summed E-state index contributed by atoms with van der Waals surface area (Å²) in [6.45, 7) is 10.3. The molecule has 4 aromatic rings. The van der Waals surface area contributed by atoms with Crippen LogP contribution in [0.25, 0.3) is 10.6 Å². The van der Waals surface area contributed by atoms with Crippen LogP contribution in [0, 0.1) is 6.92 Å². The lowest BCUT2D eigenvalue weighted by molar-refractivity contribution is -0.158. The highest BCUT2D eigenvalue weighted by molar-refractivity contribution is 7.19. The lowest BCUT2D eigenvalue weighted by Gasteiger charge is -2.27. The fourth-order valence-corrected chi connectivity index (χ4v) is 5.91. The number of benzene rings is 3. The number of esters is 1. The number of carbonyl (C=O) groups excluding carboxylic acids is 1. The molecule has 0 spiro atoms. The van der Waals surface area contributed by atoms with Gasteiger partial charge in [0, 0.05) is 24.2 Å². The molecule has 0 bridgehead atoms. The molecule has 234 valence electrons. The third-order valence-electron chi connectivity index (χ3n) is 7.06. The average Bonchev–Trinajstić information content (AvgIpc) is 3.43. The zero-order valence-electron chi connectivity index (χ0n) is 25.7. The summed E-state index contributed by atoms with van der Waals surface area (Å²) in [7, 11) is 1.63. The molecule has 44 heavy (non-hydrogen) atoms. The summed E-state index contributed by atoms with van der Waals surface area (Å²) in [6.07, 6.45) is -3.76. The summed E-state index contributed by atoms with van der Waals surface area (Å²) in [4.78, 5) is 19.4. The Kier molecular flexibility index (Phi) is 10.2. The number of para-hydroxylation sites is 1. The molecule has 10 heteroatoms. The van der Waals surface area contributed by atoms with Gasteiger partial charge in [0.05, 0.1) is 25.0 Å². The van der Waals surface area contributed by atoms with Crippen molar-refractivity contribution in [2.45, 2.75) is 65.9 Å². The summed E-state index contributed by atoms with van der Waals surface area (Å²) in [5.41, 5.74) is 2.49. The molecular formula is C34H37F3N2O4S. The van der Waals surface area contributed by atoms with Crippen LogP contribution < -0.4 is 14.4 Å². The maximum Gasteiger partial charge on any atom is 0.416 e. The second-order valence-electron chi connectivity index (χ2n) is 10.8. The number of rotatable bonds is 12. The van der Waals surface area contributed by atoms with E-state index in [0.717, 1.165) is 45.3 Å². The third kappa shape index (κ3) is 7.72. The molecule has 4 rings (SSSR count). The number of ether oxygens (including phenoxy) is 3. The highest BCUT2D eigenvalue weighted by atomic mass is 32.1. The van der Waals surface area contributed by atoms with Crippen molar-refractivity contribution < 1.29 is 32.2 Å². The Hall–Kier alpha value is -4.05. The number of thiazole rings is 1. The van der Waals surface area contributed by atoms with E-state index in [-0.39, 0.29) is 6.61 Å². The standard InChI is InChI=1S/C34H37F3N2O4S/c1-7-27-31(44-30(38-27)24-14-16-26(17-15-24)34(35,36)37)39(21-25-11-9-10-12-29(25)41-6)20-23-13-18-28(22(3)19-23)43-33(4,5)32(40)42-8-2/h9-19H,7-8,20-21H2,1-6H3. The number of aromatic nitrogens is 1. The first-order valence-electron chi connectivity index (χ1n) is 14.4. The minimum Gasteiger partial charge on any atom is -0.496 e. The summed E-state index contributed by atoms with van der Waals surface area (Å²) < 4.78 is 56.4. The molecule has 1 aromatic heterocycles. The van der Waals surface area contributed by atoms with E-state index < -0.39 is 23.3 Å². The Morgan fingerprint density at radius 2 is 1.66 bits per heavy atom. The first-order chi connectivity index (χ1) is 20.9. The van der Waals surface area contributed by atoms with Crippen molar-refractivity contribution >= 4 is 22.3 Å². The monoisotopic (exact) mass is 626 g/mol. The number of nitrogens with zero attached hydrogens (tertiary/aromatic N) is 2. The third-order valence-corrected chi connectivity index (χ3v) is 8.26. The van der Waals surface area contributed by atoms with Crippen molar-refractivity contribution in [3.05, 3.63) is 94.7 Å². The van der Waals surface area contributed by atoms with Gasteiger partial charge in [-0.05, 0) is 69.5 Å². The SMILES string of the molecule is CCOC(=O)C(C)(C)Oc1ccc(CN(Cc2ccccc2OC)c2sc(-c3ccc(C(F)(F)F)cc3)nc2CC)cc1C. The van der Waals surface area contributed by atoms with Gasteiger partial charge in [0.15, 0.2) is 5.60 Å². The van der Waals surface area contributed by atoms with Gasteiger partial charge in [-0.2, -0.15) is 13.2 Å². The molecule has 0 aliphatic rings. The number of carbonyl (C=O) groups is 1. The largest absolute Gasteiger partial charge is 0.496 e. The highest BCUT2D eigenvalue weighted by Crippen LogP contribution is 2.39. The number of methoxy groups -OCH3 is 1. The van der Waals surface area contributed by atoms with Crippen LogP contribution in [0.2, 0.25) is 0 Å². The van der Waals surface area contributed by atoms with Crippen LogP contribution in [0.1, 0.15) is 55.6 Å². The van der Waals surface area contributed by atoms with Gasteiger partial charge in [0.25, 0.3) is 0 Å². The second kappa shape index (κ2) is 13.7. The first-order valence-corrected chi connectivity index (χ1v) is 15.2. The van der Waals surface area contributed by atoms with Crippen molar-refractivity contribution in [2.75, 3.05) is 18.6 Å². The van der Waals surface area contributed by atoms with E-state index in [0.29, 0.717) is 35.8 Å². The lowest BCUT2D eigenvalue weighted by Crippen LogP contribution is -2.39. The molecule has 0 atom stereocenters. The molecule has 0 saturated heterocycles. The number of hydrogen-bond acceptors (Lipinski definition) is 7. The first kappa shape index (κ1) is 32.9. The zero-order valence-corrected chi connectivity index (χ0v) is 26.6. The van der Waals surface area contributed by atoms with Gasteiger partial charge in [0.2, 0.25) is 0 Å². The fraction of sp³-hybridized carbons (Fsp3) is 0.353. The summed E-state index contributed by atoms with van der Waals surface area (Å²) >= 11 is 1.45. The van der Waals surface area contributed by atoms with Gasteiger partial charge >= 0.3 is 12.1 Å². The van der Waals surface area contributed by atoms with Crippen molar-refractivity contribution in [3.63, 3.8) is 0 Å². The van der Waals surface area contributed by atoms with Crippen LogP contribution >= 0.6 is 11.3 Å². The van der Waals surface area contributed by atoms with Crippen molar-refractivity contribution in [3.8, 4) is 22.1 Å². The Morgan fingerprint density at radius 3 is 2.27 bits per heavy atom. The molecule has 6 nitrogen and oxygen atoms in total. The predicted octanol–water partition coefficient (Wildman–Crippen LogP) is 8.64. The van der Waals surface area contributed by atoms with E-state index >= 15 is 0 Å². The minimum absolute atomic E-state index is 0.267. The topological polar surface area (TPSA) is 60.9 Å². The summed E-state index contributed by atoms with van der Waals surface area (Å²) in [5.74, 6) is 0.900. The van der Waals surface area contributed by atoms with Crippen LogP contribution in [0.4, 0.5) is 18.2 Å². The summed E-state index contributed by atoms with van der Waals surface area (Å²) in [6, 6.07) is 18.7.